The maximum absolute atomic E-state index is 12.1. The lowest BCUT2D eigenvalue weighted by Gasteiger charge is -2.08. The minimum Gasteiger partial charge on any atom is -0.301 e. The average molecular weight is 442 g/mol. The molecule has 3 aromatic rings. The van der Waals surface area contributed by atoms with Crippen molar-refractivity contribution < 1.29 is 17.4 Å². The minimum atomic E-state index is -4.15. The summed E-state index contributed by atoms with van der Waals surface area (Å²) in [6.07, 6.45) is 5.85. The quantitative estimate of drug-likeness (QED) is 0.424. The average Bonchev–Trinajstić information content (AvgIpc) is 3.24. The van der Waals surface area contributed by atoms with E-state index in [9.17, 15) is 13.2 Å². The van der Waals surface area contributed by atoms with Gasteiger partial charge in [0.2, 0.25) is 0 Å². The molecule has 0 aliphatic rings. The summed E-state index contributed by atoms with van der Waals surface area (Å²) in [5.74, 6) is -0.120. The fourth-order valence-electron chi connectivity index (χ4n) is 3.20. The first-order chi connectivity index (χ1) is 14.8. The van der Waals surface area contributed by atoms with Gasteiger partial charge in [-0.1, -0.05) is 13.3 Å². The first-order valence-corrected chi connectivity index (χ1v) is 11.1. The highest BCUT2D eigenvalue weighted by Crippen LogP contribution is 2.26. The Kier molecular flexibility index (Phi) is 6.58. The summed E-state index contributed by atoms with van der Waals surface area (Å²) in [5, 5.41) is 14.4. The summed E-state index contributed by atoms with van der Waals surface area (Å²) in [7, 11) is -2.38. The highest BCUT2D eigenvalue weighted by Gasteiger charge is 2.17. The van der Waals surface area contributed by atoms with E-state index in [4.69, 9.17) is 9.44 Å². The van der Waals surface area contributed by atoms with Crippen molar-refractivity contribution in [3.8, 4) is 11.9 Å². The Hall–Kier alpha value is -3.42. The van der Waals surface area contributed by atoms with E-state index < -0.39 is 16.2 Å². The number of amides is 1. The van der Waals surface area contributed by atoms with E-state index in [-0.39, 0.29) is 6.61 Å². The van der Waals surface area contributed by atoms with Crippen LogP contribution in [0.3, 0.4) is 0 Å². The Morgan fingerprint density at radius 1 is 1.35 bits per heavy atom. The van der Waals surface area contributed by atoms with E-state index >= 15 is 0 Å². The number of nitrogens with zero attached hydrogens (tertiary/aromatic N) is 4. The lowest BCUT2D eigenvalue weighted by Crippen LogP contribution is -2.30. The molecule has 2 aromatic heterocycles. The predicted molar refractivity (Wildman–Crippen MR) is 116 cm³/mol. The maximum Gasteiger partial charge on any atom is 0.362 e. The SMILES string of the molecule is CCCCOS(=O)(=O)NC(=O)/C=C/c1c(C)nn(C)c1-n1ccc2cc(C#N)ccc21. The Labute approximate surface area is 180 Å². The zero-order valence-corrected chi connectivity index (χ0v) is 18.3. The van der Waals surface area contributed by atoms with Crippen molar-refractivity contribution in [1.82, 2.24) is 19.1 Å². The third-order valence-electron chi connectivity index (χ3n) is 4.65. The number of nitriles is 1. The van der Waals surface area contributed by atoms with E-state index in [0.29, 0.717) is 29.1 Å². The van der Waals surface area contributed by atoms with Crippen LogP contribution in [-0.2, 0) is 26.3 Å². The molecule has 1 amide bonds. The molecule has 0 bridgehead atoms. The number of carbonyl (C=O) groups is 1. The summed E-state index contributed by atoms with van der Waals surface area (Å²) in [6, 6.07) is 9.38. The van der Waals surface area contributed by atoms with Crippen molar-refractivity contribution in [3.05, 3.63) is 53.4 Å². The Bertz CT molecular complexity index is 1300. The van der Waals surface area contributed by atoms with Crippen molar-refractivity contribution in [1.29, 1.82) is 5.26 Å². The predicted octanol–water partition coefficient (Wildman–Crippen LogP) is 2.74. The molecule has 0 spiro atoms. The number of hydrogen-bond acceptors (Lipinski definition) is 6. The van der Waals surface area contributed by atoms with Gasteiger partial charge in [-0.05, 0) is 43.7 Å². The number of fused-ring (bicyclic) bond motifs is 1. The van der Waals surface area contributed by atoms with Crippen LogP contribution >= 0.6 is 0 Å². The van der Waals surface area contributed by atoms with Gasteiger partial charge in [0.15, 0.2) is 0 Å². The number of aromatic nitrogens is 3. The molecular formula is C21H23N5O4S. The smallest absolute Gasteiger partial charge is 0.301 e. The number of hydrogen-bond donors (Lipinski definition) is 1. The van der Waals surface area contributed by atoms with Crippen LogP contribution in [0, 0.1) is 18.3 Å². The lowest BCUT2D eigenvalue weighted by atomic mass is 10.2. The van der Waals surface area contributed by atoms with E-state index in [1.165, 1.54) is 6.08 Å². The fourth-order valence-corrected chi connectivity index (χ4v) is 3.91. The van der Waals surface area contributed by atoms with Gasteiger partial charge in [0.25, 0.3) is 5.91 Å². The number of carbonyl (C=O) groups excluding carboxylic acids is 1. The zero-order chi connectivity index (χ0) is 22.6. The monoisotopic (exact) mass is 441 g/mol. The van der Waals surface area contributed by atoms with Crippen molar-refractivity contribution >= 4 is 33.2 Å². The zero-order valence-electron chi connectivity index (χ0n) is 17.5. The molecule has 2 heterocycles. The highest BCUT2D eigenvalue weighted by atomic mass is 32.2. The van der Waals surface area contributed by atoms with Gasteiger partial charge in [-0.25, -0.2) is 4.72 Å². The number of aryl methyl sites for hydroxylation is 2. The number of nitrogens with one attached hydrogen (secondary N) is 1. The van der Waals surface area contributed by atoms with Gasteiger partial charge in [0.1, 0.15) is 5.82 Å². The van der Waals surface area contributed by atoms with Crippen molar-refractivity contribution in [2.45, 2.75) is 26.7 Å². The first-order valence-electron chi connectivity index (χ1n) is 9.70. The second kappa shape index (κ2) is 9.16. The third kappa shape index (κ3) is 5.02. The molecule has 0 atom stereocenters. The van der Waals surface area contributed by atoms with Crippen molar-refractivity contribution in [3.63, 3.8) is 0 Å². The van der Waals surface area contributed by atoms with Gasteiger partial charge in [0, 0.05) is 30.3 Å². The first kappa shape index (κ1) is 22.3. The van der Waals surface area contributed by atoms with Crippen LogP contribution in [0.4, 0.5) is 0 Å². The summed E-state index contributed by atoms with van der Waals surface area (Å²) >= 11 is 0. The summed E-state index contributed by atoms with van der Waals surface area (Å²) in [5.41, 5.74) is 2.75. The van der Waals surface area contributed by atoms with Crippen LogP contribution in [0.15, 0.2) is 36.5 Å². The summed E-state index contributed by atoms with van der Waals surface area (Å²) in [6.45, 7) is 3.72. The number of unbranched alkanes of at least 4 members (excludes halogenated alkanes) is 1. The lowest BCUT2D eigenvalue weighted by molar-refractivity contribution is -0.114. The Morgan fingerprint density at radius 3 is 2.84 bits per heavy atom. The van der Waals surface area contributed by atoms with E-state index in [1.807, 2.05) is 34.5 Å². The van der Waals surface area contributed by atoms with Gasteiger partial charge in [-0.3, -0.25) is 13.7 Å². The Balaban J connectivity index is 1.89. The second-order valence-corrected chi connectivity index (χ2v) is 8.29. The van der Waals surface area contributed by atoms with Gasteiger partial charge >= 0.3 is 10.3 Å². The molecule has 0 aliphatic carbocycles. The number of rotatable bonds is 8. The van der Waals surface area contributed by atoms with Crippen LogP contribution < -0.4 is 4.72 Å². The van der Waals surface area contributed by atoms with Gasteiger partial charge < -0.3 is 4.57 Å². The standard InChI is InChI=1S/C21H23N5O4S/c1-4-5-12-30-31(28,29)24-20(27)9-7-18-15(2)23-25(3)21(18)26-11-10-17-13-16(14-22)6-8-19(17)26/h6-11,13H,4-5,12H2,1-3H3,(H,24,27)/b9-7+. The van der Waals surface area contributed by atoms with Crippen LogP contribution in [-0.4, -0.2) is 35.3 Å². The van der Waals surface area contributed by atoms with Crippen molar-refractivity contribution in [2.24, 2.45) is 7.05 Å². The molecule has 3 rings (SSSR count). The van der Waals surface area contributed by atoms with E-state index in [1.54, 1.807) is 30.8 Å². The molecule has 0 saturated heterocycles. The molecule has 10 heteroatoms. The molecule has 0 saturated carbocycles. The summed E-state index contributed by atoms with van der Waals surface area (Å²) in [4.78, 5) is 12.1. The molecule has 0 fully saturated rings. The van der Waals surface area contributed by atoms with Gasteiger partial charge in [0.05, 0.1) is 29.5 Å². The van der Waals surface area contributed by atoms with Gasteiger partial charge in [-0.15, -0.1) is 0 Å². The molecular weight excluding hydrogens is 418 g/mol. The topological polar surface area (TPSA) is 119 Å². The van der Waals surface area contributed by atoms with Crippen LogP contribution in [0.5, 0.6) is 0 Å². The van der Waals surface area contributed by atoms with Crippen molar-refractivity contribution in [2.75, 3.05) is 6.61 Å². The Morgan fingerprint density at radius 2 is 2.13 bits per heavy atom. The highest BCUT2D eigenvalue weighted by molar-refractivity contribution is 7.85. The molecule has 0 aliphatic heterocycles. The molecule has 1 aromatic carbocycles. The van der Waals surface area contributed by atoms with Crippen LogP contribution in [0.25, 0.3) is 22.8 Å². The van der Waals surface area contributed by atoms with Crippen LogP contribution in [0.2, 0.25) is 0 Å². The molecule has 9 nitrogen and oxygen atoms in total. The van der Waals surface area contributed by atoms with Gasteiger partial charge in [-0.2, -0.15) is 18.8 Å². The largest absolute Gasteiger partial charge is 0.362 e. The second-order valence-electron chi connectivity index (χ2n) is 6.95. The third-order valence-corrected chi connectivity index (χ3v) is 5.58. The van der Waals surface area contributed by atoms with Crippen LogP contribution in [0.1, 0.15) is 36.6 Å². The molecule has 0 unspecified atom stereocenters. The number of benzene rings is 1. The molecule has 1 N–H and O–H groups in total. The molecule has 31 heavy (non-hydrogen) atoms. The van der Waals surface area contributed by atoms with E-state index in [2.05, 4.69) is 11.2 Å². The molecule has 162 valence electrons. The van der Waals surface area contributed by atoms with E-state index in [0.717, 1.165) is 23.4 Å². The normalized spacial score (nSPS) is 11.8. The molecule has 0 radical (unpaired) electrons. The fraction of sp³-hybridized carbons (Fsp3) is 0.286. The summed E-state index contributed by atoms with van der Waals surface area (Å²) < 4.78 is 33.8. The maximum atomic E-state index is 12.1. The minimum absolute atomic E-state index is 0.0168.